The van der Waals surface area contributed by atoms with Crippen LogP contribution in [0.3, 0.4) is 0 Å². The maximum atomic E-state index is 13.2. The van der Waals surface area contributed by atoms with Gasteiger partial charge in [0, 0.05) is 13.6 Å². The molecule has 0 aromatic heterocycles. The molecule has 2 amide bonds. The van der Waals surface area contributed by atoms with Gasteiger partial charge in [-0.3, -0.25) is 0 Å². The lowest BCUT2D eigenvalue weighted by Crippen LogP contribution is -2.41. The van der Waals surface area contributed by atoms with Gasteiger partial charge in [-0.25, -0.2) is 9.18 Å². The van der Waals surface area contributed by atoms with Gasteiger partial charge in [-0.15, -0.1) is 0 Å². The number of methoxy groups -OCH3 is 1. The molecule has 6 heteroatoms. The highest BCUT2D eigenvalue weighted by atomic mass is 19.1. The minimum Gasteiger partial charge on any atom is -0.497 e. The lowest BCUT2D eigenvalue weighted by atomic mass is 9.98. The van der Waals surface area contributed by atoms with Gasteiger partial charge in [0.2, 0.25) is 0 Å². The molecular weight excluding hydrogens is 311 g/mol. The first-order valence-electron chi connectivity index (χ1n) is 7.57. The average Bonchev–Trinajstić information content (AvgIpc) is 2.60. The summed E-state index contributed by atoms with van der Waals surface area (Å²) in [6.07, 6.45) is 0. The highest BCUT2D eigenvalue weighted by molar-refractivity contribution is 5.75. The zero-order valence-electron chi connectivity index (χ0n) is 13.7. The molecule has 0 heterocycles. The third kappa shape index (κ3) is 4.45. The summed E-state index contributed by atoms with van der Waals surface area (Å²) in [5.74, 6) is 0.372. The number of hydrogen-bond acceptors (Lipinski definition) is 3. The minimum atomic E-state index is -0.440. The number of nitrogens with zero attached hydrogens (tertiary/aromatic N) is 1. The van der Waals surface area contributed by atoms with E-state index in [1.807, 2.05) is 12.1 Å². The second-order valence-corrected chi connectivity index (χ2v) is 5.35. The zero-order valence-corrected chi connectivity index (χ0v) is 13.7. The monoisotopic (exact) mass is 332 g/mol. The van der Waals surface area contributed by atoms with Crippen molar-refractivity contribution in [2.75, 3.05) is 27.3 Å². The number of ether oxygens (including phenoxy) is 1. The molecule has 0 radical (unpaired) electrons. The highest BCUT2D eigenvalue weighted by Crippen LogP contribution is 2.24. The number of halogens is 1. The van der Waals surface area contributed by atoms with Gasteiger partial charge in [0.15, 0.2) is 0 Å². The molecule has 0 aliphatic heterocycles. The maximum Gasteiger partial charge on any atom is 0.317 e. The summed E-state index contributed by atoms with van der Waals surface area (Å²) in [4.78, 5) is 13.7. The van der Waals surface area contributed by atoms with Gasteiger partial charge in [0.05, 0.1) is 19.8 Å². The molecule has 0 bridgehead atoms. The van der Waals surface area contributed by atoms with E-state index in [1.165, 1.54) is 17.0 Å². The Hall–Kier alpha value is -2.60. The van der Waals surface area contributed by atoms with Crippen LogP contribution in [-0.2, 0) is 0 Å². The van der Waals surface area contributed by atoms with Gasteiger partial charge in [-0.1, -0.05) is 24.3 Å². The van der Waals surface area contributed by atoms with Gasteiger partial charge in [-0.05, 0) is 35.4 Å². The van der Waals surface area contributed by atoms with Gasteiger partial charge in [0.25, 0.3) is 0 Å². The quantitative estimate of drug-likeness (QED) is 0.855. The second kappa shape index (κ2) is 8.31. The van der Waals surface area contributed by atoms with Crippen molar-refractivity contribution in [3.8, 4) is 5.75 Å². The summed E-state index contributed by atoms with van der Waals surface area (Å²) < 4.78 is 18.4. The molecule has 5 nitrogen and oxygen atoms in total. The van der Waals surface area contributed by atoms with Crippen LogP contribution in [0.5, 0.6) is 5.75 Å². The number of likely N-dealkylation sites (N-methyl/N-ethyl adjacent to an activating group) is 1. The summed E-state index contributed by atoms with van der Waals surface area (Å²) >= 11 is 0. The Morgan fingerprint density at radius 2 is 1.71 bits per heavy atom. The lowest BCUT2D eigenvalue weighted by molar-refractivity contribution is 0.188. The summed E-state index contributed by atoms with van der Waals surface area (Å²) in [6, 6.07) is 12.5. The zero-order chi connectivity index (χ0) is 17.5. The first-order valence-corrected chi connectivity index (χ1v) is 7.57. The van der Waals surface area contributed by atoms with Crippen LogP contribution in [0, 0.1) is 5.82 Å². The van der Waals surface area contributed by atoms with Crippen molar-refractivity contribution in [1.29, 1.82) is 0 Å². The number of hydrogen-bond donors (Lipinski definition) is 2. The van der Waals surface area contributed by atoms with Crippen LogP contribution in [0.4, 0.5) is 9.18 Å². The van der Waals surface area contributed by atoms with E-state index in [0.29, 0.717) is 5.75 Å². The number of amides is 2. The Bertz CT molecular complexity index is 659. The molecule has 24 heavy (non-hydrogen) atoms. The molecule has 2 N–H and O–H groups in total. The van der Waals surface area contributed by atoms with Crippen LogP contribution in [0.15, 0.2) is 48.5 Å². The fourth-order valence-electron chi connectivity index (χ4n) is 2.30. The normalized spacial score (nSPS) is 11.7. The number of nitrogens with one attached hydrogen (secondary N) is 1. The van der Waals surface area contributed by atoms with Crippen molar-refractivity contribution in [3.05, 3.63) is 65.5 Å². The third-order valence-corrected chi connectivity index (χ3v) is 3.70. The predicted octanol–water partition coefficient (Wildman–Crippen LogP) is 2.56. The topological polar surface area (TPSA) is 61.8 Å². The standard InChI is InChI=1S/C18H21FN2O3/c1-21(11-12-22)18(23)20-17(13-3-7-15(19)8-4-13)14-5-9-16(24-2)10-6-14/h3-10,17,22H,11-12H2,1-2H3,(H,20,23). The molecule has 0 aliphatic carbocycles. The first-order chi connectivity index (χ1) is 11.5. The van der Waals surface area contributed by atoms with Gasteiger partial charge < -0.3 is 20.1 Å². The first kappa shape index (κ1) is 17.7. The van der Waals surface area contributed by atoms with E-state index in [1.54, 1.807) is 38.4 Å². The van der Waals surface area contributed by atoms with E-state index < -0.39 is 6.04 Å². The van der Waals surface area contributed by atoms with Crippen molar-refractivity contribution in [3.63, 3.8) is 0 Å². The summed E-state index contributed by atoms with van der Waals surface area (Å²) in [5.41, 5.74) is 1.60. The van der Waals surface area contributed by atoms with E-state index >= 15 is 0 Å². The Morgan fingerprint density at radius 1 is 1.17 bits per heavy atom. The van der Waals surface area contributed by atoms with Crippen molar-refractivity contribution in [1.82, 2.24) is 10.2 Å². The molecule has 2 aromatic rings. The molecule has 0 saturated heterocycles. The van der Waals surface area contributed by atoms with Crippen LogP contribution in [0.25, 0.3) is 0 Å². The average molecular weight is 332 g/mol. The van der Waals surface area contributed by atoms with E-state index in [-0.39, 0.29) is 25.0 Å². The number of aliphatic hydroxyl groups is 1. The van der Waals surface area contributed by atoms with Crippen LogP contribution in [0.2, 0.25) is 0 Å². The summed E-state index contributed by atoms with van der Waals surface area (Å²) in [7, 11) is 3.18. The summed E-state index contributed by atoms with van der Waals surface area (Å²) in [6.45, 7) is 0.109. The van der Waals surface area contributed by atoms with Crippen LogP contribution in [-0.4, -0.2) is 43.3 Å². The van der Waals surface area contributed by atoms with Crippen molar-refractivity contribution in [2.45, 2.75) is 6.04 Å². The molecule has 0 spiro atoms. The Morgan fingerprint density at radius 3 is 2.21 bits per heavy atom. The van der Waals surface area contributed by atoms with E-state index in [9.17, 15) is 9.18 Å². The number of urea groups is 1. The predicted molar refractivity (Wildman–Crippen MR) is 89.5 cm³/mol. The van der Waals surface area contributed by atoms with Gasteiger partial charge in [0.1, 0.15) is 11.6 Å². The Kier molecular flexibility index (Phi) is 6.14. The largest absolute Gasteiger partial charge is 0.497 e. The summed E-state index contributed by atoms with van der Waals surface area (Å²) in [5, 5.41) is 11.9. The minimum absolute atomic E-state index is 0.117. The number of carbonyl (C=O) groups is 1. The molecule has 128 valence electrons. The molecule has 1 atom stereocenters. The van der Waals surface area contributed by atoms with Gasteiger partial charge >= 0.3 is 6.03 Å². The van der Waals surface area contributed by atoms with E-state index in [2.05, 4.69) is 5.32 Å². The fraction of sp³-hybridized carbons (Fsp3) is 0.278. The number of aliphatic hydroxyl groups excluding tert-OH is 1. The van der Waals surface area contributed by atoms with E-state index in [0.717, 1.165) is 11.1 Å². The Balaban J connectivity index is 2.29. The van der Waals surface area contributed by atoms with Crippen molar-refractivity contribution < 1.29 is 19.0 Å². The van der Waals surface area contributed by atoms with Gasteiger partial charge in [-0.2, -0.15) is 0 Å². The molecule has 2 aromatic carbocycles. The fourth-order valence-corrected chi connectivity index (χ4v) is 2.30. The second-order valence-electron chi connectivity index (χ2n) is 5.35. The maximum absolute atomic E-state index is 13.2. The van der Waals surface area contributed by atoms with Crippen molar-refractivity contribution >= 4 is 6.03 Å². The number of benzene rings is 2. The van der Waals surface area contributed by atoms with Crippen molar-refractivity contribution in [2.24, 2.45) is 0 Å². The SMILES string of the molecule is COc1ccc(C(NC(=O)N(C)CCO)c2ccc(F)cc2)cc1. The smallest absolute Gasteiger partial charge is 0.317 e. The van der Waals surface area contributed by atoms with E-state index in [4.69, 9.17) is 9.84 Å². The molecule has 2 rings (SSSR count). The van der Waals surface area contributed by atoms with Crippen LogP contribution >= 0.6 is 0 Å². The molecule has 0 saturated carbocycles. The molecule has 1 unspecified atom stereocenters. The van der Waals surface area contributed by atoms with Crippen LogP contribution in [0.1, 0.15) is 17.2 Å². The Labute approximate surface area is 140 Å². The number of rotatable bonds is 6. The van der Waals surface area contributed by atoms with Crippen LogP contribution < -0.4 is 10.1 Å². The molecule has 0 fully saturated rings. The highest BCUT2D eigenvalue weighted by Gasteiger charge is 2.19. The molecule has 0 aliphatic rings. The lowest BCUT2D eigenvalue weighted by Gasteiger charge is -2.24. The third-order valence-electron chi connectivity index (χ3n) is 3.70. The number of carbonyl (C=O) groups excluding carboxylic acids is 1. The molecular formula is C18H21FN2O3.